The van der Waals surface area contributed by atoms with Crippen molar-refractivity contribution in [1.29, 1.82) is 0 Å². The fourth-order valence-electron chi connectivity index (χ4n) is 4.45. The van der Waals surface area contributed by atoms with Gasteiger partial charge in [0.1, 0.15) is 6.54 Å². The second kappa shape index (κ2) is 10.7. The Morgan fingerprint density at radius 3 is 2.58 bits per heavy atom. The van der Waals surface area contributed by atoms with Crippen molar-refractivity contribution in [2.24, 2.45) is 4.99 Å². The summed E-state index contributed by atoms with van der Waals surface area (Å²) in [4.78, 5) is 30.0. The Hall–Kier alpha value is -3.47. The van der Waals surface area contributed by atoms with Crippen LogP contribution >= 0.6 is 22.9 Å². The molecular weight excluding hydrogens is 546 g/mol. The highest BCUT2D eigenvalue weighted by atomic mass is 35.5. The van der Waals surface area contributed by atoms with Crippen LogP contribution in [0.3, 0.4) is 0 Å². The number of nitrogens with zero attached hydrogens (tertiary/aromatic N) is 3. The average Bonchev–Trinajstić information content (AvgIpc) is 3.26. The monoisotopic (exact) mass is 569 g/mol. The molecule has 196 valence electrons. The molecule has 0 unspecified atom stereocenters. The first kappa shape index (κ1) is 26.1. The number of hydrogen-bond donors (Lipinski definition) is 0. The topological polar surface area (TPSA) is 98.0 Å². The SMILES string of the molecule is CCOC(=O)Cn1c(=NC(=O)c2ccc(S(=O)(=O)N3CCCc4ccccc43)cc2)sc2cccc(Cl)c21. The Kier molecular flexibility index (Phi) is 7.38. The molecule has 0 atom stereocenters. The van der Waals surface area contributed by atoms with Crippen LogP contribution in [0.25, 0.3) is 10.2 Å². The Morgan fingerprint density at radius 1 is 1.05 bits per heavy atom. The molecule has 1 aliphatic rings. The number of thiazole rings is 1. The van der Waals surface area contributed by atoms with E-state index >= 15 is 0 Å². The van der Waals surface area contributed by atoms with E-state index in [1.54, 1.807) is 23.6 Å². The molecule has 0 saturated heterocycles. The molecular formula is C27H24ClN3O5S2. The van der Waals surface area contributed by atoms with E-state index in [4.69, 9.17) is 16.3 Å². The second-order valence-electron chi connectivity index (χ2n) is 8.61. The van der Waals surface area contributed by atoms with Gasteiger partial charge in [0.05, 0.1) is 32.4 Å². The van der Waals surface area contributed by atoms with Crippen molar-refractivity contribution in [3.05, 3.63) is 87.7 Å². The van der Waals surface area contributed by atoms with Crippen molar-refractivity contribution in [2.75, 3.05) is 17.5 Å². The highest BCUT2D eigenvalue weighted by Gasteiger charge is 2.29. The molecule has 0 aliphatic carbocycles. The average molecular weight is 570 g/mol. The lowest BCUT2D eigenvalue weighted by Crippen LogP contribution is -2.35. The predicted molar refractivity (Wildman–Crippen MR) is 147 cm³/mol. The summed E-state index contributed by atoms with van der Waals surface area (Å²) < 4.78 is 35.7. The molecule has 2 heterocycles. The summed E-state index contributed by atoms with van der Waals surface area (Å²) in [6.07, 6.45) is 1.56. The first-order valence-electron chi connectivity index (χ1n) is 12.0. The standard InChI is InChI=1S/C27H24ClN3O5S2/c1-2-36-24(32)17-30-25-21(28)9-5-11-23(25)37-27(30)29-26(33)19-12-14-20(15-13-19)38(34,35)31-16-6-8-18-7-3-4-10-22(18)31/h3-5,7,9-15H,2,6,8,16-17H2,1H3. The summed E-state index contributed by atoms with van der Waals surface area (Å²) in [5.41, 5.74) is 2.48. The minimum atomic E-state index is -3.80. The third-order valence-electron chi connectivity index (χ3n) is 6.20. The molecule has 5 rings (SSSR count). The van der Waals surface area contributed by atoms with Crippen LogP contribution in [0.2, 0.25) is 5.02 Å². The van der Waals surface area contributed by atoms with E-state index in [1.807, 2.05) is 30.3 Å². The number of ether oxygens (including phenoxy) is 1. The normalized spacial score (nSPS) is 13.9. The Labute approximate surface area is 228 Å². The number of fused-ring (bicyclic) bond motifs is 2. The van der Waals surface area contributed by atoms with E-state index < -0.39 is 21.9 Å². The number of aromatic nitrogens is 1. The lowest BCUT2D eigenvalue weighted by atomic mass is 10.0. The number of para-hydroxylation sites is 2. The highest BCUT2D eigenvalue weighted by molar-refractivity contribution is 7.92. The molecule has 0 saturated carbocycles. The van der Waals surface area contributed by atoms with E-state index in [1.165, 1.54) is 39.9 Å². The van der Waals surface area contributed by atoms with Gasteiger partial charge in [-0.05, 0) is 67.8 Å². The number of rotatable bonds is 6. The van der Waals surface area contributed by atoms with Crippen molar-refractivity contribution in [3.8, 4) is 0 Å². The van der Waals surface area contributed by atoms with Crippen LogP contribution in [0.5, 0.6) is 0 Å². The molecule has 1 aromatic heterocycles. The summed E-state index contributed by atoms with van der Waals surface area (Å²) in [5, 5.41) is 0.422. The zero-order valence-corrected chi connectivity index (χ0v) is 22.9. The number of hydrogen-bond acceptors (Lipinski definition) is 6. The zero-order chi connectivity index (χ0) is 26.9. The first-order valence-corrected chi connectivity index (χ1v) is 14.7. The maximum absolute atomic E-state index is 13.4. The van der Waals surface area contributed by atoms with E-state index in [-0.39, 0.29) is 28.4 Å². The van der Waals surface area contributed by atoms with Crippen LogP contribution in [0.1, 0.15) is 29.3 Å². The van der Waals surface area contributed by atoms with E-state index in [0.717, 1.165) is 23.1 Å². The highest BCUT2D eigenvalue weighted by Crippen LogP contribution is 2.32. The van der Waals surface area contributed by atoms with Crippen LogP contribution in [0.4, 0.5) is 5.69 Å². The molecule has 0 bridgehead atoms. The zero-order valence-electron chi connectivity index (χ0n) is 20.5. The minimum absolute atomic E-state index is 0.0942. The van der Waals surface area contributed by atoms with Gasteiger partial charge in [-0.3, -0.25) is 13.9 Å². The summed E-state index contributed by atoms with van der Waals surface area (Å²) in [7, 11) is -3.80. The lowest BCUT2D eigenvalue weighted by Gasteiger charge is -2.30. The molecule has 4 aromatic rings. The number of carbonyl (C=O) groups is 2. The van der Waals surface area contributed by atoms with Gasteiger partial charge in [0, 0.05) is 12.1 Å². The van der Waals surface area contributed by atoms with Crippen LogP contribution in [0.15, 0.2) is 76.6 Å². The number of anilines is 1. The molecule has 1 aliphatic heterocycles. The largest absolute Gasteiger partial charge is 0.465 e. The fraction of sp³-hybridized carbons (Fsp3) is 0.222. The van der Waals surface area contributed by atoms with E-state index in [0.29, 0.717) is 22.8 Å². The second-order valence-corrected chi connectivity index (χ2v) is 11.9. The number of amides is 1. The Balaban J connectivity index is 1.47. The summed E-state index contributed by atoms with van der Waals surface area (Å²) in [5.74, 6) is -1.05. The first-order chi connectivity index (χ1) is 18.3. The maximum Gasteiger partial charge on any atom is 0.326 e. The quantitative estimate of drug-likeness (QED) is 0.311. The van der Waals surface area contributed by atoms with Crippen molar-refractivity contribution in [1.82, 2.24) is 4.57 Å². The van der Waals surface area contributed by atoms with Gasteiger partial charge in [-0.2, -0.15) is 4.99 Å². The Bertz CT molecular complexity index is 1710. The van der Waals surface area contributed by atoms with Gasteiger partial charge in [0.15, 0.2) is 4.80 Å². The van der Waals surface area contributed by atoms with E-state index in [9.17, 15) is 18.0 Å². The number of halogens is 1. The summed E-state index contributed by atoms with van der Waals surface area (Å²) in [6, 6.07) is 18.5. The number of benzene rings is 3. The van der Waals surface area contributed by atoms with Crippen molar-refractivity contribution in [3.63, 3.8) is 0 Å². The van der Waals surface area contributed by atoms with Gasteiger partial charge in [0.2, 0.25) is 0 Å². The third kappa shape index (κ3) is 4.99. The number of esters is 1. The molecule has 8 nitrogen and oxygen atoms in total. The number of sulfonamides is 1. The maximum atomic E-state index is 13.4. The smallest absolute Gasteiger partial charge is 0.326 e. The van der Waals surface area contributed by atoms with Crippen LogP contribution < -0.4 is 9.11 Å². The molecule has 38 heavy (non-hydrogen) atoms. The van der Waals surface area contributed by atoms with Crippen LogP contribution in [-0.4, -0.2) is 38.0 Å². The number of aryl methyl sites for hydroxylation is 1. The van der Waals surface area contributed by atoms with Crippen LogP contribution in [0, 0.1) is 0 Å². The molecule has 1 amide bonds. The minimum Gasteiger partial charge on any atom is -0.465 e. The van der Waals surface area contributed by atoms with Crippen molar-refractivity contribution >= 4 is 60.7 Å². The third-order valence-corrected chi connectivity index (χ3v) is 9.37. The van der Waals surface area contributed by atoms with Gasteiger partial charge in [-0.15, -0.1) is 0 Å². The van der Waals surface area contributed by atoms with Crippen molar-refractivity contribution < 1.29 is 22.7 Å². The molecule has 0 fully saturated rings. The van der Waals surface area contributed by atoms with Gasteiger partial charge in [-0.25, -0.2) is 8.42 Å². The summed E-state index contributed by atoms with van der Waals surface area (Å²) >= 11 is 7.61. The predicted octanol–water partition coefficient (Wildman–Crippen LogP) is 4.80. The van der Waals surface area contributed by atoms with Gasteiger partial charge in [-0.1, -0.05) is 47.2 Å². The lowest BCUT2D eigenvalue weighted by molar-refractivity contribution is -0.143. The van der Waals surface area contributed by atoms with Gasteiger partial charge < -0.3 is 9.30 Å². The van der Waals surface area contributed by atoms with Gasteiger partial charge in [0.25, 0.3) is 15.9 Å². The number of carbonyl (C=O) groups excluding carboxylic acids is 2. The molecule has 0 radical (unpaired) electrons. The molecule has 0 spiro atoms. The van der Waals surface area contributed by atoms with E-state index in [2.05, 4.69) is 4.99 Å². The fourth-order valence-corrected chi connectivity index (χ4v) is 7.38. The van der Waals surface area contributed by atoms with Crippen LogP contribution in [-0.2, 0) is 32.5 Å². The Morgan fingerprint density at radius 2 is 1.82 bits per heavy atom. The summed E-state index contributed by atoms with van der Waals surface area (Å²) in [6.45, 7) is 2.17. The molecule has 11 heteroatoms. The molecule has 3 aromatic carbocycles. The van der Waals surface area contributed by atoms with Crippen molar-refractivity contribution in [2.45, 2.75) is 31.2 Å². The van der Waals surface area contributed by atoms with Gasteiger partial charge >= 0.3 is 5.97 Å². The molecule has 0 N–H and O–H groups in total.